The van der Waals surface area contributed by atoms with Crippen LogP contribution in [0.5, 0.6) is 0 Å². The van der Waals surface area contributed by atoms with E-state index in [1.165, 1.54) is 0 Å². The molecule has 16 heteroatoms. The van der Waals surface area contributed by atoms with Gasteiger partial charge in [-0.2, -0.15) is 0 Å². The maximum Gasteiger partial charge on any atom is 0.187 e. The highest BCUT2D eigenvalue weighted by molar-refractivity contribution is 4.95. The van der Waals surface area contributed by atoms with Crippen LogP contribution in [-0.4, -0.2) is 174 Å². The van der Waals surface area contributed by atoms with Crippen molar-refractivity contribution in [1.82, 2.24) is 0 Å². The lowest BCUT2D eigenvalue weighted by molar-refractivity contribution is -0.367. The largest absolute Gasteiger partial charge is 0.394 e. The van der Waals surface area contributed by atoms with Gasteiger partial charge in [-0.15, -0.1) is 0 Å². The van der Waals surface area contributed by atoms with E-state index in [-0.39, 0.29) is 0 Å². The molecule has 12 N–H and O–H groups in total. The van der Waals surface area contributed by atoms with E-state index in [2.05, 4.69) is 0 Å². The van der Waals surface area contributed by atoms with Crippen molar-refractivity contribution in [3.63, 3.8) is 0 Å². The summed E-state index contributed by atoms with van der Waals surface area (Å²) in [6.45, 7) is -3.52. The van der Waals surface area contributed by atoms with Gasteiger partial charge < -0.3 is 80.2 Å². The van der Waals surface area contributed by atoms with Crippen molar-refractivity contribution >= 4 is 0 Å². The van der Waals surface area contributed by atoms with Gasteiger partial charge in [0.1, 0.15) is 73.2 Å². The van der Waals surface area contributed by atoms with E-state index in [1.807, 2.05) is 0 Å². The van der Waals surface area contributed by atoms with Crippen molar-refractivity contribution in [2.45, 2.75) is 85.8 Å². The van der Waals surface area contributed by atoms with E-state index in [0.717, 1.165) is 0 Å². The second kappa shape index (κ2) is 13.1. The lowest BCUT2D eigenvalue weighted by Crippen LogP contribution is -2.65. The minimum atomic E-state index is -1.98. The van der Waals surface area contributed by atoms with Crippen LogP contribution in [0.15, 0.2) is 0 Å². The third kappa shape index (κ3) is 6.37. The average molecular weight is 506 g/mol. The van der Waals surface area contributed by atoms with Gasteiger partial charge in [-0.05, 0) is 0 Å². The Hall–Kier alpha value is -0.640. The van der Waals surface area contributed by atoms with Gasteiger partial charge in [0.15, 0.2) is 12.6 Å². The Kier molecular flexibility index (Phi) is 11.4. The van der Waals surface area contributed by atoms with Crippen LogP contribution in [0.1, 0.15) is 0 Å². The fraction of sp³-hybridized carbons (Fsp3) is 1.00. The topological polar surface area (TPSA) is 280 Å². The van der Waals surface area contributed by atoms with E-state index >= 15 is 0 Å². The molecule has 2 aliphatic heterocycles. The monoisotopic (exact) mass is 506 g/mol. The molecule has 0 saturated carbocycles. The van der Waals surface area contributed by atoms with Crippen LogP contribution in [0, 0.1) is 0 Å². The van der Waals surface area contributed by atoms with E-state index in [0.29, 0.717) is 0 Å². The molecule has 0 spiro atoms. The Labute approximate surface area is 193 Å². The minimum absolute atomic E-state index is 0.757. The number of ether oxygens (including phenoxy) is 4. The first kappa shape index (κ1) is 29.6. The number of hydrogen-bond acceptors (Lipinski definition) is 16. The fourth-order valence-corrected chi connectivity index (χ4v) is 3.65. The number of hydrogen-bond donors (Lipinski definition) is 12. The molecule has 0 aromatic carbocycles. The molecule has 2 heterocycles. The summed E-state index contributed by atoms with van der Waals surface area (Å²) in [6.07, 6.45) is -24.7. The smallest absolute Gasteiger partial charge is 0.187 e. The molecule has 0 bridgehead atoms. The van der Waals surface area contributed by atoms with Crippen molar-refractivity contribution in [2.24, 2.45) is 0 Å². The summed E-state index contributed by atoms with van der Waals surface area (Å²) in [7, 11) is 0. The Bertz CT molecular complexity index is 594. The average Bonchev–Trinajstić information content (AvgIpc) is 2.84. The van der Waals surface area contributed by atoms with Crippen molar-refractivity contribution in [3.8, 4) is 0 Å². The van der Waals surface area contributed by atoms with Gasteiger partial charge >= 0.3 is 0 Å². The lowest BCUT2D eigenvalue weighted by atomic mass is 9.96. The van der Waals surface area contributed by atoms with Crippen molar-refractivity contribution in [2.75, 3.05) is 26.4 Å². The Morgan fingerprint density at radius 3 is 1.68 bits per heavy atom. The summed E-state index contributed by atoms with van der Waals surface area (Å²) in [5.74, 6) is 0. The van der Waals surface area contributed by atoms with E-state index in [1.54, 1.807) is 0 Å². The maximum atomic E-state index is 10.6. The van der Waals surface area contributed by atoms with Crippen LogP contribution in [0.3, 0.4) is 0 Å². The molecule has 14 atom stereocenters. The van der Waals surface area contributed by atoms with E-state index in [9.17, 15) is 56.2 Å². The normalized spacial score (nSPS) is 42.7. The van der Waals surface area contributed by atoms with Crippen molar-refractivity contribution in [3.05, 3.63) is 0 Å². The third-order valence-electron chi connectivity index (χ3n) is 5.74. The molecule has 2 rings (SSSR count). The molecule has 0 aromatic rings. The molecule has 0 unspecified atom stereocenters. The summed E-state index contributed by atoms with van der Waals surface area (Å²) >= 11 is 0. The molecular formula is C18H34O16. The van der Waals surface area contributed by atoms with Gasteiger partial charge in [0.05, 0.1) is 26.4 Å². The summed E-state index contributed by atoms with van der Waals surface area (Å²) in [5, 5.41) is 118. The Balaban J connectivity index is 2.17. The predicted octanol–water partition coefficient (Wildman–Crippen LogP) is -7.94. The zero-order chi connectivity index (χ0) is 25.7. The molecule has 0 aromatic heterocycles. The summed E-state index contributed by atoms with van der Waals surface area (Å²) in [6, 6.07) is 0. The van der Waals surface area contributed by atoms with Crippen LogP contribution in [0.2, 0.25) is 0 Å². The third-order valence-corrected chi connectivity index (χ3v) is 5.74. The van der Waals surface area contributed by atoms with Gasteiger partial charge in [-0.25, -0.2) is 0 Å². The first-order chi connectivity index (χ1) is 16.0. The molecular weight excluding hydrogens is 472 g/mol. The Morgan fingerprint density at radius 1 is 0.618 bits per heavy atom. The molecule has 0 amide bonds. The highest BCUT2D eigenvalue weighted by atomic mass is 16.7. The highest BCUT2D eigenvalue weighted by Gasteiger charge is 2.51. The second-order valence-electron chi connectivity index (χ2n) is 8.10. The maximum absolute atomic E-state index is 10.6. The van der Waals surface area contributed by atoms with E-state index < -0.39 is 112 Å². The molecule has 16 nitrogen and oxygen atoms in total. The van der Waals surface area contributed by atoms with Crippen LogP contribution in [0.25, 0.3) is 0 Å². The van der Waals surface area contributed by atoms with Crippen molar-refractivity contribution < 1.29 is 80.2 Å². The van der Waals surface area contributed by atoms with Gasteiger partial charge in [0.25, 0.3) is 0 Å². The van der Waals surface area contributed by atoms with Crippen molar-refractivity contribution in [1.29, 1.82) is 0 Å². The zero-order valence-corrected chi connectivity index (χ0v) is 17.9. The summed E-state index contributed by atoms with van der Waals surface area (Å²) < 4.78 is 21.2. The van der Waals surface area contributed by atoms with E-state index in [4.69, 9.17) is 24.1 Å². The number of rotatable bonds is 11. The molecule has 2 fully saturated rings. The molecule has 2 saturated heterocycles. The second-order valence-corrected chi connectivity index (χ2v) is 8.10. The first-order valence-corrected chi connectivity index (χ1v) is 10.5. The molecule has 202 valence electrons. The highest BCUT2D eigenvalue weighted by Crippen LogP contribution is 2.30. The van der Waals surface area contributed by atoms with Gasteiger partial charge in [0, 0.05) is 0 Å². The Morgan fingerprint density at radius 2 is 1.15 bits per heavy atom. The first-order valence-electron chi connectivity index (χ1n) is 10.5. The molecule has 0 radical (unpaired) electrons. The van der Waals surface area contributed by atoms with Crippen LogP contribution >= 0.6 is 0 Å². The lowest BCUT2D eigenvalue weighted by Gasteiger charge is -2.46. The number of aliphatic hydroxyl groups excluding tert-OH is 12. The molecule has 0 aliphatic carbocycles. The summed E-state index contributed by atoms with van der Waals surface area (Å²) in [5.41, 5.74) is 0. The van der Waals surface area contributed by atoms with Crippen LogP contribution in [0.4, 0.5) is 0 Å². The summed E-state index contributed by atoms with van der Waals surface area (Å²) in [4.78, 5) is 0. The standard InChI is InChI=1S/C18H34O16/c19-1-5(23)9(25)15(6(24)2-20)33-18-14(30)12(28)16(8(4-22)32-18)34-17-13(29)11(27)10(26)7(3-21)31-17/h5-30H,1-4H2/t5-,6+,7+,8+,9+,10+,11-,12-,13+,14+,15-,16+,17+,18+/m0/s1. The minimum Gasteiger partial charge on any atom is -0.394 e. The SMILES string of the molecule is OC[C@@H](O)[C@H](O[C@H]1O[C@H](CO)[C@@H](O[C@H]2O[C@H](CO)[C@@H](O)[C@H](O)[C@H]2O)[C@@H](O)[C@H]1O)[C@H](O)[C@@H](O)CO. The van der Waals surface area contributed by atoms with Gasteiger partial charge in [-0.3, -0.25) is 0 Å². The molecule has 2 aliphatic rings. The van der Waals surface area contributed by atoms with Gasteiger partial charge in [0.2, 0.25) is 0 Å². The quantitative estimate of drug-likeness (QED) is 0.124. The van der Waals surface area contributed by atoms with Crippen LogP contribution < -0.4 is 0 Å². The fourth-order valence-electron chi connectivity index (χ4n) is 3.65. The molecule has 34 heavy (non-hydrogen) atoms. The van der Waals surface area contributed by atoms with Crippen LogP contribution in [-0.2, 0) is 18.9 Å². The zero-order valence-electron chi connectivity index (χ0n) is 17.9. The van der Waals surface area contributed by atoms with Gasteiger partial charge in [-0.1, -0.05) is 0 Å². The number of aliphatic hydroxyl groups is 12. The predicted molar refractivity (Wildman–Crippen MR) is 103 cm³/mol.